The summed E-state index contributed by atoms with van der Waals surface area (Å²) in [6, 6.07) is 3.99. The molecule has 0 radical (unpaired) electrons. The Hall–Kier alpha value is -1.13. The summed E-state index contributed by atoms with van der Waals surface area (Å²) < 4.78 is 13.1. The number of carbonyl (C=O) groups excluding carboxylic acids is 1. The maximum absolute atomic E-state index is 13.1. The zero-order chi connectivity index (χ0) is 13.4. The molecule has 0 bridgehead atoms. The van der Waals surface area contributed by atoms with Crippen LogP contribution in [0, 0.1) is 5.82 Å². The number of nitrogens with one attached hydrogen (secondary N) is 1. The summed E-state index contributed by atoms with van der Waals surface area (Å²) in [6.45, 7) is 0.755. The zero-order valence-corrected chi connectivity index (χ0v) is 10.8. The van der Waals surface area contributed by atoms with Crippen molar-refractivity contribution in [3.63, 3.8) is 0 Å². The average molecular weight is 274 g/mol. The molecular weight excluding hydrogens is 257 g/mol. The molecular formula is C13H17ClFNO2. The van der Waals surface area contributed by atoms with Crippen molar-refractivity contribution in [2.45, 2.75) is 25.7 Å². The fraction of sp³-hybridized carbons (Fsp3) is 0.462. The van der Waals surface area contributed by atoms with Crippen molar-refractivity contribution in [3.05, 3.63) is 34.6 Å². The SMILES string of the molecule is O=C(NCCCCCCO)c1ccc(Cl)c(F)c1. The van der Waals surface area contributed by atoms with Crippen molar-refractivity contribution in [2.75, 3.05) is 13.2 Å². The van der Waals surface area contributed by atoms with Crippen molar-refractivity contribution in [1.82, 2.24) is 5.32 Å². The van der Waals surface area contributed by atoms with E-state index in [-0.39, 0.29) is 23.1 Å². The Bertz CT molecular complexity index is 399. The highest BCUT2D eigenvalue weighted by Gasteiger charge is 2.07. The number of aliphatic hydroxyl groups is 1. The van der Waals surface area contributed by atoms with E-state index in [2.05, 4.69) is 5.32 Å². The predicted octanol–water partition coefficient (Wildman–Crippen LogP) is 2.76. The van der Waals surface area contributed by atoms with E-state index in [1.54, 1.807) is 0 Å². The van der Waals surface area contributed by atoms with Crippen LogP contribution in [0.25, 0.3) is 0 Å². The first kappa shape index (κ1) is 14.9. The van der Waals surface area contributed by atoms with E-state index in [9.17, 15) is 9.18 Å². The molecule has 0 unspecified atom stereocenters. The van der Waals surface area contributed by atoms with Crippen LogP contribution in [0.1, 0.15) is 36.0 Å². The molecule has 0 aromatic heterocycles. The summed E-state index contributed by atoms with van der Waals surface area (Å²) in [5.41, 5.74) is 0.271. The monoisotopic (exact) mass is 273 g/mol. The van der Waals surface area contributed by atoms with E-state index in [4.69, 9.17) is 16.7 Å². The molecule has 18 heavy (non-hydrogen) atoms. The number of halogens is 2. The lowest BCUT2D eigenvalue weighted by Crippen LogP contribution is -2.24. The Morgan fingerprint density at radius 3 is 2.67 bits per heavy atom. The second-order valence-corrected chi connectivity index (χ2v) is 4.43. The summed E-state index contributed by atoms with van der Waals surface area (Å²) in [4.78, 5) is 11.6. The smallest absolute Gasteiger partial charge is 0.251 e. The number of unbranched alkanes of at least 4 members (excludes halogenated alkanes) is 3. The molecule has 100 valence electrons. The van der Waals surface area contributed by atoms with Crippen LogP contribution in [0.5, 0.6) is 0 Å². The van der Waals surface area contributed by atoms with E-state index >= 15 is 0 Å². The van der Waals surface area contributed by atoms with Gasteiger partial charge in [0, 0.05) is 18.7 Å². The van der Waals surface area contributed by atoms with Crippen molar-refractivity contribution in [1.29, 1.82) is 0 Å². The van der Waals surface area contributed by atoms with E-state index in [1.165, 1.54) is 12.1 Å². The maximum Gasteiger partial charge on any atom is 0.251 e. The van der Waals surface area contributed by atoms with Gasteiger partial charge in [-0.1, -0.05) is 24.4 Å². The summed E-state index contributed by atoms with van der Waals surface area (Å²) in [5.74, 6) is -0.889. The molecule has 0 fully saturated rings. The highest BCUT2D eigenvalue weighted by molar-refractivity contribution is 6.30. The summed E-state index contributed by atoms with van der Waals surface area (Å²) in [6.07, 6.45) is 3.54. The third-order valence-corrected chi connectivity index (χ3v) is 2.86. The van der Waals surface area contributed by atoms with E-state index in [1.807, 2.05) is 0 Å². The molecule has 1 aromatic carbocycles. The lowest BCUT2D eigenvalue weighted by atomic mass is 10.2. The van der Waals surface area contributed by atoms with Crippen molar-refractivity contribution < 1.29 is 14.3 Å². The van der Waals surface area contributed by atoms with Gasteiger partial charge in [-0.25, -0.2) is 4.39 Å². The minimum atomic E-state index is -0.590. The van der Waals surface area contributed by atoms with Crippen LogP contribution in [0.3, 0.4) is 0 Å². The fourth-order valence-corrected chi connectivity index (χ4v) is 1.65. The van der Waals surface area contributed by atoms with Crippen LogP contribution in [0.15, 0.2) is 18.2 Å². The number of rotatable bonds is 7. The summed E-state index contributed by atoms with van der Waals surface area (Å²) >= 11 is 5.53. The van der Waals surface area contributed by atoms with E-state index < -0.39 is 5.82 Å². The molecule has 1 amide bonds. The standard InChI is InChI=1S/C13H17ClFNO2/c14-11-6-5-10(9-12(11)15)13(18)16-7-3-1-2-4-8-17/h5-6,9,17H,1-4,7-8H2,(H,16,18). The van der Waals surface area contributed by atoms with Gasteiger partial charge in [0.25, 0.3) is 5.91 Å². The molecule has 1 aromatic rings. The second-order valence-electron chi connectivity index (χ2n) is 4.02. The lowest BCUT2D eigenvalue weighted by Gasteiger charge is -2.05. The van der Waals surface area contributed by atoms with Crippen molar-refractivity contribution in [2.24, 2.45) is 0 Å². The molecule has 2 N–H and O–H groups in total. The van der Waals surface area contributed by atoms with Gasteiger partial charge in [-0.15, -0.1) is 0 Å². The Kier molecular flexibility index (Phi) is 6.68. The Balaban J connectivity index is 2.30. The van der Waals surface area contributed by atoms with Crippen LogP contribution in [0.4, 0.5) is 4.39 Å². The van der Waals surface area contributed by atoms with Crippen LogP contribution >= 0.6 is 11.6 Å². The van der Waals surface area contributed by atoms with Crippen LogP contribution in [-0.2, 0) is 0 Å². The first-order chi connectivity index (χ1) is 8.65. The highest BCUT2D eigenvalue weighted by Crippen LogP contribution is 2.15. The van der Waals surface area contributed by atoms with Gasteiger partial charge < -0.3 is 10.4 Å². The molecule has 0 spiro atoms. The quantitative estimate of drug-likeness (QED) is 0.751. The van der Waals surface area contributed by atoms with Gasteiger partial charge in [0.2, 0.25) is 0 Å². The van der Waals surface area contributed by atoms with Crippen LogP contribution < -0.4 is 5.32 Å². The van der Waals surface area contributed by atoms with Crippen LogP contribution in [0.2, 0.25) is 5.02 Å². The molecule has 0 aliphatic heterocycles. The number of carbonyl (C=O) groups is 1. The van der Waals surface area contributed by atoms with E-state index in [0.717, 1.165) is 31.7 Å². The van der Waals surface area contributed by atoms with Gasteiger partial charge in [-0.3, -0.25) is 4.79 Å². The third kappa shape index (κ3) is 5.02. The van der Waals surface area contributed by atoms with Crippen LogP contribution in [-0.4, -0.2) is 24.2 Å². The predicted molar refractivity (Wildman–Crippen MR) is 69.3 cm³/mol. The molecule has 5 heteroatoms. The number of benzene rings is 1. The third-order valence-electron chi connectivity index (χ3n) is 2.55. The Morgan fingerprint density at radius 2 is 2.00 bits per heavy atom. The summed E-state index contributed by atoms with van der Waals surface area (Å²) in [5, 5.41) is 11.3. The first-order valence-corrected chi connectivity index (χ1v) is 6.37. The largest absolute Gasteiger partial charge is 0.396 e. The van der Waals surface area contributed by atoms with E-state index in [0.29, 0.717) is 6.54 Å². The Labute approximate surface area is 111 Å². The lowest BCUT2D eigenvalue weighted by molar-refractivity contribution is 0.0952. The first-order valence-electron chi connectivity index (χ1n) is 5.99. The van der Waals surface area contributed by atoms with Gasteiger partial charge in [0.1, 0.15) is 5.82 Å². The molecule has 0 aliphatic carbocycles. The molecule has 0 saturated carbocycles. The van der Waals surface area contributed by atoms with Gasteiger partial charge >= 0.3 is 0 Å². The minimum Gasteiger partial charge on any atom is -0.396 e. The van der Waals surface area contributed by atoms with Gasteiger partial charge in [-0.05, 0) is 31.0 Å². The van der Waals surface area contributed by atoms with Gasteiger partial charge in [-0.2, -0.15) is 0 Å². The van der Waals surface area contributed by atoms with Gasteiger partial charge in [0.15, 0.2) is 0 Å². The zero-order valence-electron chi connectivity index (χ0n) is 10.1. The van der Waals surface area contributed by atoms with Gasteiger partial charge in [0.05, 0.1) is 5.02 Å². The van der Waals surface area contributed by atoms with Crippen molar-refractivity contribution in [3.8, 4) is 0 Å². The minimum absolute atomic E-state index is 0.00977. The fourth-order valence-electron chi connectivity index (χ4n) is 1.53. The summed E-state index contributed by atoms with van der Waals surface area (Å²) in [7, 11) is 0. The molecule has 3 nitrogen and oxygen atoms in total. The van der Waals surface area contributed by atoms with Crippen molar-refractivity contribution >= 4 is 17.5 Å². The molecule has 1 rings (SSSR count). The number of amides is 1. The normalized spacial score (nSPS) is 10.4. The highest BCUT2D eigenvalue weighted by atomic mass is 35.5. The number of hydrogen-bond acceptors (Lipinski definition) is 2. The second kappa shape index (κ2) is 8.06. The molecule has 0 atom stereocenters. The average Bonchev–Trinajstić information content (AvgIpc) is 2.36. The maximum atomic E-state index is 13.1. The number of aliphatic hydroxyl groups excluding tert-OH is 1. The molecule has 0 heterocycles. The Morgan fingerprint density at radius 1 is 1.28 bits per heavy atom. The molecule has 0 saturated heterocycles. The topological polar surface area (TPSA) is 49.3 Å². The number of hydrogen-bond donors (Lipinski definition) is 2. The molecule has 0 aliphatic rings.